The van der Waals surface area contributed by atoms with E-state index in [4.69, 9.17) is 9.84 Å². The zero-order valence-corrected chi connectivity index (χ0v) is 7.84. The Morgan fingerprint density at radius 1 is 1.62 bits per heavy atom. The topological polar surface area (TPSA) is 46.5 Å². The number of rotatable bonds is 2. The molecule has 1 fully saturated rings. The van der Waals surface area contributed by atoms with E-state index >= 15 is 0 Å². The zero-order chi connectivity index (χ0) is 9.26. The molecule has 1 atom stereocenters. The van der Waals surface area contributed by atoms with Gasteiger partial charge in [-0.25, -0.2) is 4.79 Å². The highest BCUT2D eigenvalue weighted by molar-refractivity contribution is 7.14. The number of carboxylic acid groups (broad SMARTS) is 1. The Bertz CT molecular complexity index is 312. The van der Waals surface area contributed by atoms with Crippen molar-refractivity contribution in [1.82, 2.24) is 0 Å². The Morgan fingerprint density at radius 3 is 3.00 bits per heavy atom. The minimum Gasteiger partial charge on any atom is -0.477 e. The van der Waals surface area contributed by atoms with Crippen LogP contribution < -0.4 is 0 Å². The first-order valence-corrected chi connectivity index (χ1v) is 5.00. The third-order valence-corrected chi connectivity index (χ3v) is 3.41. The molecule has 0 spiro atoms. The highest BCUT2D eigenvalue weighted by Gasteiger charge is 2.20. The van der Waals surface area contributed by atoms with E-state index in [2.05, 4.69) is 0 Å². The van der Waals surface area contributed by atoms with Crippen LogP contribution in [0.4, 0.5) is 0 Å². The normalized spacial score (nSPS) is 22.0. The molecule has 1 aliphatic rings. The number of carbonyl (C=O) groups is 1. The minimum atomic E-state index is -0.838. The van der Waals surface area contributed by atoms with Gasteiger partial charge in [-0.3, -0.25) is 0 Å². The van der Waals surface area contributed by atoms with Crippen LogP contribution in [0.5, 0.6) is 0 Å². The molecular formula is C9H10O3S. The largest absolute Gasteiger partial charge is 0.477 e. The number of ether oxygens (including phenoxy) is 1. The lowest BCUT2D eigenvalue weighted by Gasteiger charge is -2.01. The lowest BCUT2D eigenvalue weighted by atomic mass is 10.1. The molecule has 1 aromatic rings. The second kappa shape index (κ2) is 3.47. The number of hydrogen-bond acceptors (Lipinski definition) is 3. The highest BCUT2D eigenvalue weighted by Crippen LogP contribution is 2.30. The van der Waals surface area contributed by atoms with Crippen molar-refractivity contribution in [1.29, 1.82) is 0 Å². The van der Waals surface area contributed by atoms with Gasteiger partial charge in [-0.2, -0.15) is 0 Å². The maximum Gasteiger partial charge on any atom is 0.345 e. The molecular weight excluding hydrogens is 188 g/mol. The molecule has 0 radical (unpaired) electrons. The van der Waals surface area contributed by atoms with Crippen molar-refractivity contribution in [3.05, 3.63) is 21.9 Å². The van der Waals surface area contributed by atoms with Gasteiger partial charge in [0.15, 0.2) is 0 Å². The molecule has 3 nitrogen and oxygen atoms in total. The summed E-state index contributed by atoms with van der Waals surface area (Å²) in [6.07, 6.45) is 1.01. The fourth-order valence-corrected chi connectivity index (χ4v) is 2.41. The van der Waals surface area contributed by atoms with Gasteiger partial charge in [0.1, 0.15) is 4.88 Å². The first-order chi connectivity index (χ1) is 6.27. The fraction of sp³-hybridized carbons (Fsp3) is 0.444. The van der Waals surface area contributed by atoms with Crippen molar-refractivity contribution >= 4 is 17.3 Å². The predicted molar refractivity (Wildman–Crippen MR) is 49.5 cm³/mol. The molecule has 2 rings (SSSR count). The second-order valence-corrected chi connectivity index (χ2v) is 4.18. The Morgan fingerprint density at radius 2 is 2.46 bits per heavy atom. The molecule has 0 aliphatic carbocycles. The third kappa shape index (κ3) is 1.73. The molecule has 1 aliphatic heterocycles. The number of aromatic carboxylic acids is 1. The molecule has 0 amide bonds. The molecule has 13 heavy (non-hydrogen) atoms. The van der Waals surface area contributed by atoms with Crippen molar-refractivity contribution in [3.8, 4) is 0 Å². The van der Waals surface area contributed by atoms with Crippen LogP contribution in [0.1, 0.15) is 26.9 Å². The van der Waals surface area contributed by atoms with Crippen LogP contribution >= 0.6 is 11.3 Å². The molecule has 0 bridgehead atoms. The van der Waals surface area contributed by atoms with Crippen molar-refractivity contribution in [2.45, 2.75) is 12.3 Å². The second-order valence-electron chi connectivity index (χ2n) is 3.07. The van der Waals surface area contributed by atoms with Gasteiger partial charge < -0.3 is 9.84 Å². The fourth-order valence-electron chi connectivity index (χ4n) is 1.45. The van der Waals surface area contributed by atoms with Crippen LogP contribution in [-0.4, -0.2) is 24.3 Å². The summed E-state index contributed by atoms with van der Waals surface area (Å²) < 4.78 is 5.24. The standard InChI is InChI=1S/C9H10O3S/c10-9(11)8-2-1-7(13-8)6-3-4-12-5-6/h1-2,6H,3-5H2,(H,10,11). The van der Waals surface area contributed by atoms with Gasteiger partial charge in [0.2, 0.25) is 0 Å². The van der Waals surface area contributed by atoms with Gasteiger partial charge in [-0.15, -0.1) is 11.3 Å². The first kappa shape index (κ1) is 8.72. The summed E-state index contributed by atoms with van der Waals surface area (Å²) in [7, 11) is 0. The van der Waals surface area contributed by atoms with E-state index in [-0.39, 0.29) is 0 Å². The van der Waals surface area contributed by atoms with E-state index in [1.165, 1.54) is 11.3 Å². The lowest BCUT2D eigenvalue weighted by molar-refractivity contribution is 0.0702. The van der Waals surface area contributed by atoms with E-state index in [0.717, 1.165) is 24.5 Å². The van der Waals surface area contributed by atoms with Crippen molar-refractivity contribution in [2.24, 2.45) is 0 Å². The van der Waals surface area contributed by atoms with Gasteiger partial charge in [0.25, 0.3) is 0 Å². The van der Waals surface area contributed by atoms with E-state index in [9.17, 15) is 4.79 Å². The summed E-state index contributed by atoms with van der Waals surface area (Å²) in [6, 6.07) is 3.56. The van der Waals surface area contributed by atoms with Crippen LogP contribution in [0.2, 0.25) is 0 Å². The summed E-state index contributed by atoms with van der Waals surface area (Å²) in [6.45, 7) is 1.53. The van der Waals surface area contributed by atoms with Crippen molar-refractivity contribution in [2.75, 3.05) is 13.2 Å². The quantitative estimate of drug-likeness (QED) is 0.790. The average molecular weight is 198 g/mol. The Balaban J connectivity index is 2.16. The molecule has 0 aromatic carbocycles. The molecule has 1 N–H and O–H groups in total. The summed E-state index contributed by atoms with van der Waals surface area (Å²) in [5.74, 6) is -0.423. The van der Waals surface area contributed by atoms with Gasteiger partial charge in [-0.1, -0.05) is 0 Å². The van der Waals surface area contributed by atoms with Crippen LogP contribution in [0.25, 0.3) is 0 Å². The van der Waals surface area contributed by atoms with Gasteiger partial charge >= 0.3 is 5.97 Å². The minimum absolute atomic E-state index is 0.415. The summed E-state index contributed by atoms with van der Waals surface area (Å²) in [5.41, 5.74) is 0. The molecule has 1 saturated heterocycles. The molecule has 1 aromatic heterocycles. The monoisotopic (exact) mass is 198 g/mol. The maximum absolute atomic E-state index is 10.6. The Hall–Kier alpha value is -0.870. The third-order valence-electron chi connectivity index (χ3n) is 2.17. The average Bonchev–Trinajstić information content (AvgIpc) is 2.75. The maximum atomic E-state index is 10.6. The number of thiophene rings is 1. The summed E-state index contributed by atoms with van der Waals surface area (Å²) in [5, 5.41) is 8.72. The van der Waals surface area contributed by atoms with E-state index in [0.29, 0.717) is 10.8 Å². The number of carboxylic acids is 1. The smallest absolute Gasteiger partial charge is 0.345 e. The van der Waals surface area contributed by atoms with Crippen LogP contribution in [-0.2, 0) is 4.74 Å². The number of hydrogen-bond donors (Lipinski definition) is 1. The van der Waals surface area contributed by atoms with Gasteiger partial charge in [0.05, 0.1) is 6.61 Å². The molecule has 70 valence electrons. The van der Waals surface area contributed by atoms with Crippen molar-refractivity contribution in [3.63, 3.8) is 0 Å². The Kier molecular flexibility index (Phi) is 2.33. The lowest BCUT2D eigenvalue weighted by Crippen LogP contribution is -1.93. The van der Waals surface area contributed by atoms with Gasteiger partial charge in [-0.05, 0) is 18.6 Å². The SMILES string of the molecule is O=C(O)c1ccc(C2CCOC2)s1. The zero-order valence-electron chi connectivity index (χ0n) is 7.03. The summed E-state index contributed by atoms with van der Waals surface area (Å²) >= 11 is 1.36. The molecule has 1 unspecified atom stereocenters. The van der Waals surface area contributed by atoms with Crippen LogP contribution in [0.3, 0.4) is 0 Å². The molecule has 0 saturated carbocycles. The summed E-state index contributed by atoms with van der Waals surface area (Å²) in [4.78, 5) is 12.2. The first-order valence-electron chi connectivity index (χ1n) is 4.18. The van der Waals surface area contributed by atoms with E-state index in [1.807, 2.05) is 6.07 Å². The predicted octanol–water partition coefficient (Wildman–Crippen LogP) is 1.95. The van der Waals surface area contributed by atoms with E-state index in [1.54, 1.807) is 6.07 Å². The molecule has 4 heteroatoms. The van der Waals surface area contributed by atoms with Crippen molar-refractivity contribution < 1.29 is 14.6 Å². The van der Waals surface area contributed by atoms with Gasteiger partial charge in [0, 0.05) is 17.4 Å². The van der Waals surface area contributed by atoms with E-state index < -0.39 is 5.97 Å². The van der Waals surface area contributed by atoms with Crippen LogP contribution in [0.15, 0.2) is 12.1 Å². The van der Waals surface area contributed by atoms with Crippen LogP contribution in [0, 0.1) is 0 Å². The Labute approximate surface area is 80.0 Å². The molecule has 2 heterocycles. The highest BCUT2D eigenvalue weighted by atomic mass is 32.1.